The standard InChI is InChI=1S/C15H24N2O/c1-16-11-15(7-8-15)12-17-9-6-13-4-3-5-14(10-13)18-2/h3-5,10,16-17H,6-9,11-12H2,1-2H3. The van der Waals surface area contributed by atoms with Crippen LogP contribution in [0, 0.1) is 5.41 Å². The lowest BCUT2D eigenvalue weighted by molar-refractivity contribution is 0.414. The molecule has 0 amide bonds. The first-order valence-electron chi connectivity index (χ1n) is 6.76. The summed E-state index contributed by atoms with van der Waals surface area (Å²) in [5.41, 5.74) is 1.88. The Hall–Kier alpha value is -1.06. The Labute approximate surface area is 110 Å². The first-order chi connectivity index (χ1) is 8.78. The molecule has 1 fully saturated rings. The van der Waals surface area contributed by atoms with Gasteiger partial charge in [-0.15, -0.1) is 0 Å². The Bertz CT molecular complexity index is 375. The average molecular weight is 248 g/mol. The molecular weight excluding hydrogens is 224 g/mol. The largest absolute Gasteiger partial charge is 0.497 e. The molecule has 1 aromatic rings. The molecule has 0 spiro atoms. The molecule has 3 nitrogen and oxygen atoms in total. The van der Waals surface area contributed by atoms with Crippen LogP contribution in [0.25, 0.3) is 0 Å². The molecule has 0 atom stereocenters. The summed E-state index contributed by atoms with van der Waals surface area (Å²) in [4.78, 5) is 0. The Morgan fingerprint density at radius 1 is 1.28 bits per heavy atom. The number of rotatable bonds is 8. The third-order valence-electron chi connectivity index (χ3n) is 3.73. The molecule has 2 rings (SSSR count). The zero-order valence-corrected chi connectivity index (χ0v) is 11.5. The average Bonchev–Trinajstić information content (AvgIpc) is 3.16. The monoisotopic (exact) mass is 248 g/mol. The van der Waals surface area contributed by atoms with Crippen LogP contribution in [0.15, 0.2) is 24.3 Å². The van der Waals surface area contributed by atoms with Gasteiger partial charge < -0.3 is 15.4 Å². The van der Waals surface area contributed by atoms with E-state index in [2.05, 4.69) is 28.8 Å². The highest BCUT2D eigenvalue weighted by Crippen LogP contribution is 2.44. The van der Waals surface area contributed by atoms with Crippen molar-refractivity contribution >= 4 is 0 Å². The lowest BCUT2D eigenvalue weighted by Gasteiger charge is -2.15. The SMILES string of the molecule is CNCC1(CNCCc2cccc(OC)c2)CC1. The van der Waals surface area contributed by atoms with E-state index in [-0.39, 0.29) is 0 Å². The molecule has 0 bridgehead atoms. The smallest absolute Gasteiger partial charge is 0.119 e. The summed E-state index contributed by atoms with van der Waals surface area (Å²) >= 11 is 0. The zero-order valence-electron chi connectivity index (χ0n) is 11.5. The van der Waals surface area contributed by atoms with Crippen molar-refractivity contribution in [2.24, 2.45) is 5.41 Å². The molecule has 2 N–H and O–H groups in total. The number of hydrogen-bond donors (Lipinski definition) is 2. The van der Waals surface area contributed by atoms with E-state index in [1.165, 1.54) is 18.4 Å². The van der Waals surface area contributed by atoms with Gasteiger partial charge in [-0.1, -0.05) is 12.1 Å². The first kappa shape index (κ1) is 13.4. The van der Waals surface area contributed by atoms with E-state index in [1.807, 2.05) is 13.1 Å². The number of methoxy groups -OCH3 is 1. The van der Waals surface area contributed by atoms with Gasteiger partial charge in [0.05, 0.1) is 7.11 Å². The maximum atomic E-state index is 5.23. The molecule has 0 aromatic heterocycles. The summed E-state index contributed by atoms with van der Waals surface area (Å²) in [6, 6.07) is 8.31. The van der Waals surface area contributed by atoms with E-state index in [0.717, 1.165) is 31.8 Å². The Kier molecular flexibility index (Phi) is 4.61. The highest BCUT2D eigenvalue weighted by Gasteiger charge is 2.41. The maximum absolute atomic E-state index is 5.23. The molecular formula is C15H24N2O. The van der Waals surface area contributed by atoms with Crippen molar-refractivity contribution in [3.63, 3.8) is 0 Å². The number of ether oxygens (including phenoxy) is 1. The van der Waals surface area contributed by atoms with Crippen molar-refractivity contribution in [2.75, 3.05) is 33.8 Å². The summed E-state index contributed by atoms with van der Waals surface area (Å²) in [7, 11) is 3.75. The van der Waals surface area contributed by atoms with Gasteiger partial charge in [0.25, 0.3) is 0 Å². The van der Waals surface area contributed by atoms with Crippen molar-refractivity contribution in [1.82, 2.24) is 10.6 Å². The third kappa shape index (κ3) is 3.72. The predicted molar refractivity (Wildman–Crippen MR) is 75.2 cm³/mol. The second-order valence-electron chi connectivity index (χ2n) is 5.31. The van der Waals surface area contributed by atoms with Gasteiger partial charge in [0.15, 0.2) is 0 Å². The van der Waals surface area contributed by atoms with Crippen LogP contribution in [0.2, 0.25) is 0 Å². The predicted octanol–water partition coefficient (Wildman–Crippen LogP) is 1.83. The molecule has 1 aromatic carbocycles. The summed E-state index contributed by atoms with van der Waals surface area (Å²) in [5, 5.41) is 6.87. The second-order valence-corrected chi connectivity index (χ2v) is 5.31. The molecule has 0 heterocycles. The Balaban J connectivity index is 1.69. The Morgan fingerprint density at radius 3 is 2.78 bits per heavy atom. The van der Waals surface area contributed by atoms with Crippen LogP contribution in [-0.2, 0) is 6.42 Å². The number of nitrogens with one attached hydrogen (secondary N) is 2. The Morgan fingerprint density at radius 2 is 2.11 bits per heavy atom. The summed E-state index contributed by atoms with van der Waals surface area (Å²) < 4.78 is 5.23. The fraction of sp³-hybridized carbons (Fsp3) is 0.600. The van der Waals surface area contributed by atoms with Crippen LogP contribution in [0.3, 0.4) is 0 Å². The van der Waals surface area contributed by atoms with Gasteiger partial charge >= 0.3 is 0 Å². The minimum absolute atomic E-state index is 0.545. The molecule has 0 radical (unpaired) electrons. The maximum Gasteiger partial charge on any atom is 0.119 e. The van der Waals surface area contributed by atoms with E-state index < -0.39 is 0 Å². The second kappa shape index (κ2) is 6.21. The zero-order chi connectivity index (χ0) is 12.8. The fourth-order valence-electron chi connectivity index (χ4n) is 2.38. The molecule has 0 saturated heterocycles. The first-order valence-corrected chi connectivity index (χ1v) is 6.76. The van der Waals surface area contributed by atoms with Gasteiger partial charge in [-0.2, -0.15) is 0 Å². The van der Waals surface area contributed by atoms with Gasteiger partial charge in [0.2, 0.25) is 0 Å². The van der Waals surface area contributed by atoms with Gasteiger partial charge in [0, 0.05) is 13.1 Å². The molecule has 3 heteroatoms. The third-order valence-corrected chi connectivity index (χ3v) is 3.73. The van der Waals surface area contributed by atoms with E-state index in [1.54, 1.807) is 7.11 Å². The normalized spacial score (nSPS) is 16.6. The van der Waals surface area contributed by atoms with Crippen LogP contribution < -0.4 is 15.4 Å². The fourth-order valence-corrected chi connectivity index (χ4v) is 2.38. The molecule has 1 aliphatic rings. The van der Waals surface area contributed by atoms with E-state index >= 15 is 0 Å². The van der Waals surface area contributed by atoms with Gasteiger partial charge in [-0.25, -0.2) is 0 Å². The van der Waals surface area contributed by atoms with Gasteiger partial charge in [0.1, 0.15) is 5.75 Å². The van der Waals surface area contributed by atoms with Crippen molar-refractivity contribution in [1.29, 1.82) is 0 Å². The van der Waals surface area contributed by atoms with E-state index in [4.69, 9.17) is 4.74 Å². The van der Waals surface area contributed by atoms with Crippen LogP contribution in [0.4, 0.5) is 0 Å². The lowest BCUT2D eigenvalue weighted by atomic mass is 10.1. The van der Waals surface area contributed by atoms with Crippen molar-refractivity contribution in [3.8, 4) is 5.75 Å². The van der Waals surface area contributed by atoms with Crippen LogP contribution >= 0.6 is 0 Å². The van der Waals surface area contributed by atoms with Crippen molar-refractivity contribution < 1.29 is 4.74 Å². The van der Waals surface area contributed by atoms with Crippen molar-refractivity contribution in [2.45, 2.75) is 19.3 Å². The van der Waals surface area contributed by atoms with Crippen LogP contribution in [0.1, 0.15) is 18.4 Å². The minimum Gasteiger partial charge on any atom is -0.497 e. The molecule has 1 saturated carbocycles. The number of hydrogen-bond acceptors (Lipinski definition) is 3. The minimum atomic E-state index is 0.545. The summed E-state index contributed by atoms with van der Waals surface area (Å²) in [6.45, 7) is 3.32. The van der Waals surface area contributed by atoms with Crippen LogP contribution in [-0.4, -0.2) is 33.8 Å². The van der Waals surface area contributed by atoms with Gasteiger partial charge in [-0.3, -0.25) is 0 Å². The molecule has 100 valence electrons. The van der Waals surface area contributed by atoms with Crippen LogP contribution in [0.5, 0.6) is 5.75 Å². The van der Waals surface area contributed by atoms with E-state index in [9.17, 15) is 0 Å². The van der Waals surface area contributed by atoms with Gasteiger partial charge in [-0.05, 0) is 56.0 Å². The molecule has 18 heavy (non-hydrogen) atoms. The quantitative estimate of drug-likeness (QED) is 0.689. The highest BCUT2D eigenvalue weighted by atomic mass is 16.5. The lowest BCUT2D eigenvalue weighted by Crippen LogP contribution is -2.32. The summed E-state index contributed by atoms with van der Waals surface area (Å²) in [6.07, 6.45) is 3.78. The highest BCUT2D eigenvalue weighted by molar-refractivity contribution is 5.28. The molecule has 0 unspecified atom stereocenters. The summed E-state index contributed by atoms with van der Waals surface area (Å²) in [5.74, 6) is 0.946. The van der Waals surface area contributed by atoms with E-state index in [0.29, 0.717) is 5.41 Å². The number of benzene rings is 1. The van der Waals surface area contributed by atoms with Crippen molar-refractivity contribution in [3.05, 3.63) is 29.8 Å². The molecule has 1 aliphatic carbocycles. The molecule has 0 aliphatic heterocycles. The topological polar surface area (TPSA) is 33.3 Å².